The van der Waals surface area contributed by atoms with Gasteiger partial charge in [0.05, 0.1) is 13.0 Å². The molecule has 8 nitrogen and oxygen atoms in total. The van der Waals surface area contributed by atoms with Crippen LogP contribution in [-0.4, -0.2) is 29.1 Å². The second-order valence-corrected chi connectivity index (χ2v) is 6.80. The summed E-state index contributed by atoms with van der Waals surface area (Å²) in [7, 11) is 1.47. The zero-order chi connectivity index (χ0) is 20.8. The predicted molar refractivity (Wildman–Crippen MR) is 110 cm³/mol. The number of hydrogen-bond donors (Lipinski definition) is 2. The number of hydrogen-bond acceptors (Lipinski definition) is 5. The maximum Gasteiger partial charge on any atom is 0.330 e. The average molecular weight is 388 g/mol. The molecule has 1 aromatic heterocycles. The molecule has 1 amide bonds. The molecule has 28 heavy (non-hydrogen) atoms. The number of rotatable bonds is 8. The molecule has 3 N–H and O–H groups in total. The Morgan fingerprint density at radius 2 is 1.96 bits per heavy atom. The number of aromatic nitrogens is 2. The van der Waals surface area contributed by atoms with Gasteiger partial charge in [-0.1, -0.05) is 19.4 Å². The van der Waals surface area contributed by atoms with Gasteiger partial charge in [-0.15, -0.1) is 0 Å². The number of aromatic amines is 1. The maximum atomic E-state index is 12.5. The molecule has 2 rings (SSSR count). The summed E-state index contributed by atoms with van der Waals surface area (Å²) in [6.07, 6.45) is 1.67. The fourth-order valence-electron chi connectivity index (χ4n) is 2.79. The largest absolute Gasteiger partial charge is 0.493 e. The smallest absolute Gasteiger partial charge is 0.330 e. The molecule has 0 saturated heterocycles. The third-order valence-electron chi connectivity index (χ3n) is 4.72. The van der Waals surface area contributed by atoms with Gasteiger partial charge in [-0.05, 0) is 43.5 Å². The zero-order valence-corrected chi connectivity index (χ0v) is 16.9. The van der Waals surface area contributed by atoms with E-state index in [-0.39, 0.29) is 30.4 Å². The number of carbonyl (C=O) groups is 1. The highest BCUT2D eigenvalue weighted by Crippen LogP contribution is 2.18. The summed E-state index contributed by atoms with van der Waals surface area (Å²) in [5.41, 5.74) is 7.03. The lowest BCUT2D eigenvalue weighted by Gasteiger charge is -2.20. The van der Waals surface area contributed by atoms with Crippen LogP contribution in [0.2, 0.25) is 0 Å². The van der Waals surface area contributed by atoms with E-state index in [0.29, 0.717) is 12.3 Å². The number of amides is 1. The third kappa shape index (κ3) is 4.82. The Bertz CT molecular complexity index is 962. The molecule has 1 heterocycles. The van der Waals surface area contributed by atoms with Crippen molar-refractivity contribution in [1.82, 2.24) is 9.55 Å². The van der Waals surface area contributed by atoms with Crippen LogP contribution in [0.25, 0.3) is 0 Å². The lowest BCUT2D eigenvalue weighted by atomic mass is 10.1. The minimum Gasteiger partial charge on any atom is -0.493 e. The van der Waals surface area contributed by atoms with E-state index in [1.54, 1.807) is 0 Å². The number of aryl methyl sites for hydroxylation is 2. The van der Waals surface area contributed by atoms with E-state index >= 15 is 0 Å². The minimum absolute atomic E-state index is 0.00636. The number of nitrogens with two attached hydrogens (primary N) is 1. The van der Waals surface area contributed by atoms with Gasteiger partial charge in [0.25, 0.3) is 5.56 Å². The summed E-state index contributed by atoms with van der Waals surface area (Å²) >= 11 is 0. The summed E-state index contributed by atoms with van der Waals surface area (Å²) in [5.74, 6) is 0.346. The number of carbonyl (C=O) groups excluding carboxylic acids is 1. The van der Waals surface area contributed by atoms with Gasteiger partial charge in [0.15, 0.2) is 5.69 Å². The molecule has 0 aliphatic carbocycles. The molecule has 0 unspecified atom stereocenters. The fourth-order valence-corrected chi connectivity index (χ4v) is 2.79. The van der Waals surface area contributed by atoms with Crippen molar-refractivity contribution >= 4 is 17.4 Å². The SMILES string of the molecule is CCCCn1c(N)c(N(C)C(=O)CCOc2ccc(C)c(C)c2)c(=O)[nH]c1=O. The van der Waals surface area contributed by atoms with Crippen LogP contribution in [0.5, 0.6) is 5.75 Å². The van der Waals surface area contributed by atoms with Crippen LogP contribution in [-0.2, 0) is 11.3 Å². The van der Waals surface area contributed by atoms with Gasteiger partial charge in [0, 0.05) is 13.6 Å². The number of anilines is 2. The van der Waals surface area contributed by atoms with Crippen LogP contribution in [0.4, 0.5) is 11.5 Å². The lowest BCUT2D eigenvalue weighted by Crippen LogP contribution is -2.39. The highest BCUT2D eigenvalue weighted by atomic mass is 16.5. The molecule has 1 aromatic carbocycles. The number of ether oxygens (including phenoxy) is 1. The highest BCUT2D eigenvalue weighted by Gasteiger charge is 2.20. The van der Waals surface area contributed by atoms with Gasteiger partial charge in [0.1, 0.15) is 11.6 Å². The Hall–Kier alpha value is -3.03. The van der Waals surface area contributed by atoms with Gasteiger partial charge in [-0.2, -0.15) is 0 Å². The Morgan fingerprint density at radius 1 is 1.25 bits per heavy atom. The van der Waals surface area contributed by atoms with E-state index in [4.69, 9.17) is 10.5 Å². The number of nitrogen functional groups attached to an aromatic ring is 1. The molecule has 0 saturated carbocycles. The lowest BCUT2D eigenvalue weighted by molar-refractivity contribution is -0.118. The molecule has 0 bridgehead atoms. The molecule has 0 aliphatic rings. The summed E-state index contributed by atoms with van der Waals surface area (Å²) in [4.78, 5) is 40.2. The monoisotopic (exact) mass is 388 g/mol. The van der Waals surface area contributed by atoms with E-state index in [0.717, 1.165) is 24.0 Å². The van der Waals surface area contributed by atoms with Crippen molar-refractivity contribution in [1.29, 1.82) is 0 Å². The molecule has 0 atom stereocenters. The number of benzene rings is 1. The van der Waals surface area contributed by atoms with Crippen molar-refractivity contribution in [2.75, 3.05) is 24.3 Å². The summed E-state index contributed by atoms with van der Waals surface area (Å²) in [6.45, 7) is 6.53. The van der Waals surface area contributed by atoms with Crippen molar-refractivity contribution in [3.05, 3.63) is 50.2 Å². The number of nitrogens with zero attached hydrogens (tertiary/aromatic N) is 2. The van der Waals surface area contributed by atoms with E-state index in [1.807, 2.05) is 39.0 Å². The van der Waals surface area contributed by atoms with Gasteiger partial charge < -0.3 is 15.4 Å². The second-order valence-electron chi connectivity index (χ2n) is 6.80. The quantitative estimate of drug-likeness (QED) is 0.718. The normalized spacial score (nSPS) is 10.7. The summed E-state index contributed by atoms with van der Waals surface area (Å²) < 4.78 is 6.92. The number of H-pyrrole nitrogens is 1. The molecule has 0 radical (unpaired) electrons. The van der Waals surface area contributed by atoms with Crippen molar-refractivity contribution in [2.24, 2.45) is 0 Å². The van der Waals surface area contributed by atoms with Gasteiger partial charge in [0.2, 0.25) is 5.91 Å². The standard InChI is InChI=1S/C20H28N4O4/c1-5-6-10-24-18(21)17(19(26)22-20(24)27)23(4)16(25)9-11-28-15-8-7-13(2)14(3)12-15/h7-8,12H,5-6,9-11,21H2,1-4H3,(H,22,26,27). The molecule has 2 aromatic rings. The van der Waals surface area contributed by atoms with Crippen molar-refractivity contribution < 1.29 is 9.53 Å². The number of nitrogens with one attached hydrogen (secondary N) is 1. The first kappa shape index (κ1) is 21.3. The molecular formula is C20H28N4O4. The number of unbranched alkanes of at least 4 members (excludes halogenated alkanes) is 1. The third-order valence-corrected chi connectivity index (χ3v) is 4.72. The molecular weight excluding hydrogens is 360 g/mol. The van der Waals surface area contributed by atoms with Crippen LogP contribution in [0.1, 0.15) is 37.3 Å². The van der Waals surface area contributed by atoms with Gasteiger partial charge in [-0.25, -0.2) is 4.79 Å². The summed E-state index contributed by atoms with van der Waals surface area (Å²) in [5, 5.41) is 0. The first-order chi connectivity index (χ1) is 13.3. The van der Waals surface area contributed by atoms with Crippen LogP contribution < -0.4 is 26.6 Å². The van der Waals surface area contributed by atoms with Crippen LogP contribution in [0, 0.1) is 13.8 Å². The second kappa shape index (κ2) is 9.25. The summed E-state index contributed by atoms with van der Waals surface area (Å²) in [6, 6.07) is 5.72. The van der Waals surface area contributed by atoms with Gasteiger partial charge >= 0.3 is 5.69 Å². The van der Waals surface area contributed by atoms with Gasteiger partial charge in [-0.3, -0.25) is 19.1 Å². The van der Waals surface area contributed by atoms with E-state index in [2.05, 4.69) is 4.98 Å². The van der Waals surface area contributed by atoms with E-state index < -0.39 is 11.2 Å². The first-order valence-electron chi connectivity index (χ1n) is 9.35. The highest BCUT2D eigenvalue weighted by molar-refractivity contribution is 5.95. The Morgan fingerprint density at radius 3 is 2.61 bits per heavy atom. The minimum atomic E-state index is -0.679. The molecule has 152 valence electrons. The van der Waals surface area contributed by atoms with E-state index in [1.165, 1.54) is 16.5 Å². The molecule has 0 aliphatic heterocycles. The van der Waals surface area contributed by atoms with Crippen LogP contribution in [0.15, 0.2) is 27.8 Å². The predicted octanol–water partition coefficient (Wildman–Crippen LogP) is 1.97. The Balaban J connectivity index is 2.10. The molecule has 8 heteroatoms. The van der Waals surface area contributed by atoms with Crippen LogP contribution in [0.3, 0.4) is 0 Å². The van der Waals surface area contributed by atoms with Crippen LogP contribution >= 0.6 is 0 Å². The maximum absolute atomic E-state index is 12.5. The Labute approximate surface area is 163 Å². The molecule has 0 fully saturated rings. The first-order valence-corrected chi connectivity index (χ1v) is 9.35. The average Bonchev–Trinajstić information content (AvgIpc) is 2.64. The molecule has 0 spiro atoms. The van der Waals surface area contributed by atoms with E-state index in [9.17, 15) is 14.4 Å². The zero-order valence-electron chi connectivity index (χ0n) is 16.9. The van der Waals surface area contributed by atoms with Crippen molar-refractivity contribution in [3.8, 4) is 5.75 Å². The fraction of sp³-hybridized carbons (Fsp3) is 0.450. The Kier molecular flexibility index (Phi) is 7.03. The topological polar surface area (TPSA) is 110 Å². The van der Waals surface area contributed by atoms with Crippen molar-refractivity contribution in [2.45, 2.75) is 46.6 Å². The van der Waals surface area contributed by atoms with Crippen molar-refractivity contribution in [3.63, 3.8) is 0 Å².